The molecule has 0 bridgehead atoms. The van der Waals surface area contributed by atoms with Gasteiger partial charge < -0.3 is 10.4 Å². The first-order valence-corrected chi connectivity index (χ1v) is 6.96. The molecule has 2 N–H and O–H groups in total. The Labute approximate surface area is 111 Å². The van der Waals surface area contributed by atoms with Crippen molar-refractivity contribution in [1.82, 2.24) is 10.2 Å². The number of amides is 2. The molecule has 0 aliphatic carbocycles. The molecule has 0 aromatic heterocycles. The van der Waals surface area contributed by atoms with Crippen molar-refractivity contribution in [3.8, 4) is 11.8 Å². The van der Waals surface area contributed by atoms with Crippen LogP contribution in [0, 0.1) is 11.8 Å². The van der Waals surface area contributed by atoms with Gasteiger partial charge >= 0.3 is 12.0 Å². The zero-order valence-electron chi connectivity index (χ0n) is 10.6. The van der Waals surface area contributed by atoms with Crippen LogP contribution in [0.4, 0.5) is 4.79 Å². The van der Waals surface area contributed by atoms with Crippen molar-refractivity contribution in [2.24, 2.45) is 0 Å². The molecule has 1 aliphatic rings. The minimum absolute atomic E-state index is 0.0503. The maximum atomic E-state index is 12.0. The molecule has 1 saturated heterocycles. The van der Waals surface area contributed by atoms with E-state index in [-0.39, 0.29) is 17.9 Å². The minimum Gasteiger partial charge on any atom is -0.480 e. The number of carboxylic acids is 1. The summed E-state index contributed by atoms with van der Waals surface area (Å²) in [6, 6.07) is -1.07. The van der Waals surface area contributed by atoms with E-state index < -0.39 is 12.0 Å². The second-order valence-electron chi connectivity index (χ2n) is 3.92. The third-order valence-electron chi connectivity index (χ3n) is 2.65. The molecule has 100 valence electrons. The molecule has 6 heteroatoms. The number of carboxylic acid groups (broad SMARTS) is 1. The van der Waals surface area contributed by atoms with Crippen LogP contribution in [0.1, 0.15) is 26.7 Å². The summed E-state index contributed by atoms with van der Waals surface area (Å²) in [5.74, 6) is 4.91. The van der Waals surface area contributed by atoms with Crippen LogP contribution in [0.5, 0.6) is 0 Å². The Morgan fingerprint density at radius 2 is 2.28 bits per heavy atom. The van der Waals surface area contributed by atoms with Crippen LogP contribution in [0.2, 0.25) is 0 Å². The van der Waals surface area contributed by atoms with Gasteiger partial charge in [-0.3, -0.25) is 4.90 Å². The van der Waals surface area contributed by atoms with Gasteiger partial charge in [-0.05, 0) is 13.3 Å². The van der Waals surface area contributed by atoms with Crippen LogP contribution in [0.3, 0.4) is 0 Å². The topological polar surface area (TPSA) is 69.6 Å². The van der Waals surface area contributed by atoms with Gasteiger partial charge in [0, 0.05) is 5.75 Å². The lowest BCUT2D eigenvalue weighted by atomic mass is 10.2. The van der Waals surface area contributed by atoms with Gasteiger partial charge in [-0.1, -0.05) is 19.3 Å². The normalized spacial score (nSPS) is 22.2. The highest BCUT2D eigenvalue weighted by Crippen LogP contribution is 2.32. The smallest absolute Gasteiger partial charge is 0.327 e. The second kappa shape index (κ2) is 7.17. The van der Waals surface area contributed by atoms with Gasteiger partial charge in [-0.15, -0.1) is 17.7 Å². The Bertz CT molecular complexity index is 375. The number of urea groups is 1. The van der Waals surface area contributed by atoms with Crippen LogP contribution in [-0.4, -0.2) is 45.7 Å². The molecule has 1 fully saturated rings. The fourth-order valence-corrected chi connectivity index (χ4v) is 3.31. The summed E-state index contributed by atoms with van der Waals surface area (Å²) in [4.78, 5) is 24.6. The van der Waals surface area contributed by atoms with Gasteiger partial charge in [-0.25, -0.2) is 9.59 Å². The summed E-state index contributed by atoms with van der Waals surface area (Å²) in [6.45, 7) is 3.97. The number of carbonyl (C=O) groups is 2. The van der Waals surface area contributed by atoms with Crippen molar-refractivity contribution in [1.29, 1.82) is 0 Å². The van der Waals surface area contributed by atoms with Crippen LogP contribution in [0.15, 0.2) is 0 Å². The molecular formula is C12H18N2O3S. The Balaban J connectivity index is 2.71. The molecule has 18 heavy (non-hydrogen) atoms. The lowest BCUT2D eigenvalue weighted by Gasteiger charge is -2.26. The lowest BCUT2D eigenvalue weighted by molar-refractivity contribution is -0.141. The van der Waals surface area contributed by atoms with E-state index in [4.69, 9.17) is 5.11 Å². The molecule has 1 aliphatic heterocycles. The molecule has 2 amide bonds. The zero-order chi connectivity index (χ0) is 13.5. The minimum atomic E-state index is -0.946. The maximum Gasteiger partial charge on any atom is 0.327 e. The summed E-state index contributed by atoms with van der Waals surface area (Å²) in [5.41, 5.74) is 0. The van der Waals surface area contributed by atoms with E-state index in [0.29, 0.717) is 5.75 Å². The standard InChI is InChI=1S/C12H18N2O3S/c1-3-5-7-13-12(17)14-9(11(15)16)8-18-10(14)6-4-2/h9-10H,4,6-8H2,1-2H3,(H,13,17)(H,15,16). The molecule has 5 nitrogen and oxygen atoms in total. The monoisotopic (exact) mass is 270 g/mol. The predicted molar refractivity (Wildman–Crippen MR) is 71.3 cm³/mol. The van der Waals surface area contributed by atoms with Gasteiger partial charge in [0.15, 0.2) is 0 Å². The van der Waals surface area contributed by atoms with E-state index in [9.17, 15) is 9.59 Å². The van der Waals surface area contributed by atoms with Crippen molar-refractivity contribution in [2.45, 2.75) is 38.1 Å². The quantitative estimate of drug-likeness (QED) is 0.757. The van der Waals surface area contributed by atoms with Crippen LogP contribution in [0.25, 0.3) is 0 Å². The maximum absolute atomic E-state index is 12.0. The van der Waals surface area contributed by atoms with E-state index in [2.05, 4.69) is 17.2 Å². The largest absolute Gasteiger partial charge is 0.480 e. The molecule has 0 radical (unpaired) electrons. The lowest BCUT2D eigenvalue weighted by Crippen LogP contribution is -2.50. The molecule has 2 atom stereocenters. The van der Waals surface area contributed by atoms with Crippen LogP contribution in [-0.2, 0) is 4.79 Å². The second-order valence-corrected chi connectivity index (χ2v) is 5.13. The summed E-state index contributed by atoms with van der Waals surface area (Å²) in [6.07, 6.45) is 1.73. The Kier molecular flexibility index (Phi) is 5.86. The number of thioether (sulfide) groups is 1. The number of carbonyl (C=O) groups excluding carboxylic acids is 1. The highest BCUT2D eigenvalue weighted by molar-refractivity contribution is 8.00. The van der Waals surface area contributed by atoms with Crippen molar-refractivity contribution in [2.75, 3.05) is 12.3 Å². The van der Waals surface area contributed by atoms with Gasteiger partial charge in [0.25, 0.3) is 0 Å². The summed E-state index contributed by atoms with van der Waals surface area (Å²) in [5, 5.41) is 11.7. The summed E-state index contributed by atoms with van der Waals surface area (Å²) < 4.78 is 0. The van der Waals surface area contributed by atoms with Gasteiger partial charge in [0.1, 0.15) is 6.04 Å². The molecule has 0 spiro atoms. The number of nitrogens with one attached hydrogen (secondary N) is 1. The highest BCUT2D eigenvalue weighted by Gasteiger charge is 2.40. The van der Waals surface area contributed by atoms with Crippen molar-refractivity contribution >= 4 is 23.8 Å². The van der Waals surface area contributed by atoms with Gasteiger partial charge in [0.2, 0.25) is 0 Å². The Hall–Kier alpha value is -1.35. The van der Waals surface area contributed by atoms with E-state index >= 15 is 0 Å². The molecular weight excluding hydrogens is 252 g/mol. The molecule has 0 saturated carbocycles. The zero-order valence-corrected chi connectivity index (χ0v) is 11.4. The number of hydrogen-bond acceptors (Lipinski definition) is 3. The first kappa shape index (κ1) is 14.7. The van der Waals surface area contributed by atoms with Crippen molar-refractivity contribution < 1.29 is 14.7 Å². The molecule has 0 aromatic carbocycles. The fraction of sp³-hybridized carbons (Fsp3) is 0.667. The fourth-order valence-electron chi connectivity index (χ4n) is 1.79. The third-order valence-corrected chi connectivity index (χ3v) is 4.01. The van der Waals surface area contributed by atoms with E-state index in [1.807, 2.05) is 6.92 Å². The number of nitrogens with zero attached hydrogens (tertiary/aromatic N) is 1. The first-order valence-electron chi connectivity index (χ1n) is 5.92. The summed E-state index contributed by atoms with van der Waals surface area (Å²) in [7, 11) is 0. The van der Waals surface area contributed by atoms with Crippen molar-refractivity contribution in [3.63, 3.8) is 0 Å². The average molecular weight is 270 g/mol. The Morgan fingerprint density at radius 1 is 1.56 bits per heavy atom. The molecule has 2 unspecified atom stereocenters. The van der Waals surface area contributed by atoms with E-state index in [0.717, 1.165) is 12.8 Å². The SMILES string of the molecule is CC#CCNC(=O)N1C(CCC)SCC1C(=O)O. The van der Waals surface area contributed by atoms with Crippen molar-refractivity contribution in [3.05, 3.63) is 0 Å². The van der Waals surface area contributed by atoms with Crippen LogP contribution >= 0.6 is 11.8 Å². The molecule has 1 rings (SSSR count). The van der Waals surface area contributed by atoms with E-state index in [1.54, 1.807) is 6.92 Å². The van der Waals surface area contributed by atoms with Gasteiger partial charge in [-0.2, -0.15) is 0 Å². The molecule has 0 aromatic rings. The third kappa shape index (κ3) is 3.57. The molecule has 1 heterocycles. The predicted octanol–water partition coefficient (Wildman–Crippen LogP) is 1.35. The van der Waals surface area contributed by atoms with E-state index in [1.165, 1.54) is 16.7 Å². The Morgan fingerprint density at radius 3 is 2.83 bits per heavy atom. The summed E-state index contributed by atoms with van der Waals surface area (Å²) >= 11 is 1.53. The van der Waals surface area contributed by atoms with Gasteiger partial charge in [0.05, 0.1) is 11.9 Å². The number of hydrogen-bond donors (Lipinski definition) is 2. The average Bonchev–Trinajstić information content (AvgIpc) is 2.73. The highest BCUT2D eigenvalue weighted by atomic mass is 32.2. The number of aliphatic carboxylic acids is 1. The van der Waals surface area contributed by atoms with Crippen LogP contribution < -0.4 is 5.32 Å². The number of rotatable bonds is 4. The first-order chi connectivity index (χ1) is 8.61.